The van der Waals surface area contributed by atoms with E-state index < -0.39 is 27.6 Å². The molecule has 0 aromatic carbocycles. The minimum absolute atomic E-state index is 0.0581. The van der Waals surface area contributed by atoms with E-state index in [9.17, 15) is 18.0 Å². The maximum Gasteiger partial charge on any atom is 0.306 e. The van der Waals surface area contributed by atoms with E-state index in [0.717, 1.165) is 0 Å². The maximum absolute atomic E-state index is 12.3. The molecule has 0 aromatic rings. The van der Waals surface area contributed by atoms with Crippen molar-refractivity contribution < 1.29 is 23.1 Å². The van der Waals surface area contributed by atoms with Crippen molar-refractivity contribution in [3.8, 4) is 0 Å². The highest BCUT2D eigenvalue weighted by Crippen LogP contribution is 2.27. The van der Waals surface area contributed by atoms with E-state index in [1.807, 2.05) is 6.92 Å². The molecule has 1 N–H and O–H groups in total. The molecule has 0 aliphatic carbocycles. The summed E-state index contributed by atoms with van der Waals surface area (Å²) >= 11 is 0. The van der Waals surface area contributed by atoms with Crippen LogP contribution in [0.15, 0.2) is 0 Å². The van der Waals surface area contributed by atoms with E-state index in [1.165, 1.54) is 0 Å². The monoisotopic (exact) mass is 289 g/mol. The number of hydrogen-bond donors (Lipinski definition) is 1. The van der Waals surface area contributed by atoms with Crippen molar-refractivity contribution in [1.82, 2.24) is 4.90 Å². The van der Waals surface area contributed by atoms with Crippen LogP contribution in [0.5, 0.6) is 0 Å². The molecule has 108 valence electrons. The molecule has 3 atom stereocenters. The average molecular weight is 289 g/mol. The van der Waals surface area contributed by atoms with Gasteiger partial charge in [-0.15, -0.1) is 0 Å². The molecule has 6 nitrogen and oxygen atoms in total. The van der Waals surface area contributed by atoms with Gasteiger partial charge in [0.2, 0.25) is 5.91 Å². The van der Waals surface area contributed by atoms with Crippen LogP contribution in [0.25, 0.3) is 0 Å². The molecule has 2 heterocycles. The van der Waals surface area contributed by atoms with Gasteiger partial charge in [-0.2, -0.15) is 0 Å². The van der Waals surface area contributed by atoms with Gasteiger partial charge in [-0.3, -0.25) is 9.59 Å². The second-order valence-corrected chi connectivity index (χ2v) is 7.77. The van der Waals surface area contributed by atoms with Crippen molar-refractivity contribution in [2.75, 3.05) is 18.1 Å². The van der Waals surface area contributed by atoms with Crippen LogP contribution in [-0.4, -0.2) is 54.4 Å². The first-order chi connectivity index (χ1) is 8.80. The number of nitrogens with zero attached hydrogens (tertiary/aromatic N) is 1. The molecule has 1 amide bonds. The molecule has 3 unspecified atom stereocenters. The van der Waals surface area contributed by atoms with Crippen LogP contribution < -0.4 is 0 Å². The lowest BCUT2D eigenvalue weighted by molar-refractivity contribution is -0.148. The van der Waals surface area contributed by atoms with Crippen molar-refractivity contribution in [3.05, 3.63) is 0 Å². The van der Waals surface area contributed by atoms with Crippen LogP contribution in [-0.2, 0) is 19.4 Å². The molecule has 2 saturated heterocycles. The van der Waals surface area contributed by atoms with Crippen LogP contribution in [0, 0.1) is 11.8 Å². The van der Waals surface area contributed by atoms with Gasteiger partial charge in [0, 0.05) is 12.6 Å². The molecule has 0 bridgehead atoms. The van der Waals surface area contributed by atoms with E-state index >= 15 is 0 Å². The molecule has 0 radical (unpaired) electrons. The minimum atomic E-state index is -3.06. The maximum atomic E-state index is 12.3. The highest BCUT2D eigenvalue weighted by atomic mass is 32.2. The normalized spacial score (nSPS) is 34.2. The largest absolute Gasteiger partial charge is 0.481 e. The number of carbonyl (C=O) groups excluding carboxylic acids is 1. The van der Waals surface area contributed by atoms with Crippen molar-refractivity contribution in [2.24, 2.45) is 11.8 Å². The summed E-state index contributed by atoms with van der Waals surface area (Å²) < 4.78 is 22.8. The summed E-state index contributed by atoms with van der Waals surface area (Å²) in [5.74, 6) is -1.75. The Hall–Kier alpha value is -1.11. The van der Waals surface area contributed by atoms with E-state index in [0.29, 0.717) is 25.8 Å². The number of carboxylic acid groups (broad SMARTS) is 1. The Morgan fingerprint density at radius 2 is 1.89 bits per heavy atom. The third kappa shape index (κ3) is 3.08. The number of carboxylic acids is 1. The lowest BCUT2D eigenvalue weighted by Crippen LogP contribution is -2.48. The fourth-order valence-corrected chi connectivity index (χ4v) is 4.68. The second-order valence-electron chi connectivity index (χ2n) is 5.54. The highest BCUT2D eigenvalue weighted by Gasteiger charge is 2.39. The predicted octanol–water partition coefficient (Wildman–Crippen LogP) is 0.133. The topological polar surface area (TPSA) is 91.8 Å². The standard InChI is InChI=1S/C12H19NO5S/c1-8-6-9(12(15)16)2-4-13(8)11(14)10-3-5-19(17,18)7-10/h8-10H,2-7H2,1H3,(H,15,16). The molecule has 0 aromatic heterocycles. The Balaban J connectivity index is 2.00. The predicted molar refractivity (Wildman–Crippen MR) is 68.3 cm³/mol. The van der Waals surface area contributed by atoms with Gasteiger partial charge in [-0.1, -0.05) is 0 Å². The zero-order chi connectivity index (χ0) is 14.2. The Bertz CT molecular complexity index is 486. The van der Waals surface area contributed by atoms with Crippen LogP contribution in [0.1, 0.15) is 26.2 Å². The van der Waals surface area contributed by atoms with Crippen LogP contribution in [0.2, 0.25) is 0 Å². The van der Waals surface area contributed by atoms with E-state index in [2.05, 4.69) is 0 Å². The lowest BCUT2D eigenvalue weighted by atomic mass is 9.90. The lowest BCUT2D eigenvalue weighted by Gasteiger charge is -2.37. The SMILES string of the molecule is CC1CC(C(=O)O)CCN1C(=O)C1CCS(=O)(=O)C1. The number of aliphatic carboxylic acids is 1. The first-order valence-electron chi connectivity index (χ1n) is 6.54. The summed E-state index contributed by atoms with van der Waals surface area (Å²) in [6.07, 6.45) is 1.29. The average Bonchev–Trinajstić information content (AvgIpc) is 2.68. The Kier molecular flexibility index (Phi) is 3.85. The number of hydrogen-bond acceptors (Lipinski definition) is 4. The van der Waals surface area contributed by atoms with Gasteiger partial charge in [0.15, 0.2) is 9.84 Å². The van der Waals surface area contributed by atoms with Gasteiger partial charge in [0.05, 0.1) is 23.3 Å². The molecule has 19 heavy (non-hydrogen) atoms. The van der Waals surface area contributed by atoms with Crippen LogP contribution in [0.3, 0.4) is 0 Å². The third-order valence-electron chi connectivity index (χ3n) is 4.09. The minimum Gasteiger partial charge on any atom is -0.481 e. The molecule has 0 saturated carbocycles. The molecule has 0 spiro atoms. The summed E-state index contributed by atoms with van der Waals surface area (Å²) in [4.78, 5) is 24.9. The number of piperidine rings is 1. The van der Waals surface area contributed by atoms with E-state index in [1.54, 1.807) is 4.90 Å². The first kappa shape index (κ1) is 14.3. The quantitative estimate of drug-likeness (QED) is 0.780. The number of amides is 1. The van der Waals surface area contributed by atoms with Gasteiger partial charge in [-0.25, -0.2) is 8.42 Å². The molecule has 7 heteroatoms. The Morgan fingerprint density at radius 3 is 2.37 bits per heavy atom. The summed E-state index contributed by atoms with van der Waals surface area (Å²) in [5, 5.41) is 8.98. The third-order valence-corrected chi connectivity index (χ3v) is 5.86. The fourth-order valence-electron chi connectivity index (χ4n) is 2.95. The van der Waals surface area contributed by atoms with Crippen molar-refractivity contribution in [2.45, 2.75) is 32.2 Å². The van der Waals surface area contributed by atoms with Crippen molar-refractivity contribution >= 4 is 21.7 Å². The van der Waals surface area contributed by atoms with Gasteiger partial charge in [-0.05, 0) is 26.2 Å². The van der Waals surface area contributed by atoms with Crippen molar-refractivity contribution in [1.29, 1.82) is 0 Å². The fraction of sp³-hybridized carbons (Fsp3) is 0.833. The summed E-state index contributed by atoms with van der Waals surface area (Å²) in [7, 11) is -3.06. The highest BCUT2D eigenvalue weighted by molar-refractivity contribution is 7.91. The summed E-state index contributed by atoms with van der Waals surface area (Å²) in [6.45, 7) is 2.24. The molecule has 2 rings (SSSR count). The van der Waals surface area contributed by atoms with Gasteiger partial charge < -0.3 is 10.0 Å². The summed E-state index contributed by atoms with van der Waals surface area (Å²) in [5.41, 5.74) is 0. The Morgan fingerprint density at radius 1 is 1.21 bits per heavy atom. The first-order valence-corrected chi connectivity index (χ1v) is 8.36. The van der Waals surface area contributed by atoms with Gasteiger partial charge in [0.25, 0.3) is 0 Å². The van der Waals surface area contributed by atoms with Gasteiger partial charge >= 0.3 is 5.97 Å². The van der Waals surface area contributed by atoms with E-state index in [-0.39, 0.29) is 23.5 Å². The molecular weight excluding hydrogens is 270 g/mol. The summed E-state index contributed by atoms with van der Waals surface area (Å²) in [6, 6.07) is -0.134. The number of likely N-dealkylation sites (tertiary alicyclic amines) is 1. The van der Waals surface area contributed by atoms with Crippen LogP contribution in [0.4, 0.5) is 0 Å². The molecule has 2 aliphatic rings. The van der Waals surface area contributed by atoms with Crippen molar-refractivity contribution in [3.63, 3.8) is 0 Å². The zero-order valence-electron chi connectivity index (χ0n) is 10.9. The number of sulfone groups is 1. The Labute approximate surface area is 112 Å². The number of carbonyl (C=O) groups is 2. The molecule has 2 aliphatic heterocycles. The van der Waals surface area contributed by atoms with Gasteiger partial charge in [0.1, 0.15) is 0 Å². The zero-order valence-corrected chi connectivity index (χ0v) is 11.7. The van der Waals surface area contributed by atoms with Crippen LogP contribution >= 0.6 is 0 Å². The molecular formula is C12H19NO5S. The second kappa shape index (κ2) is 5.11. The van der Waals surface area contributed by atoms with E-state index in [4.69, 9.17) is 5.11 Å². The number of rotatable bonds is 2. The smallest absolute Gasteiger partial charge is 0.306 e. The molecule has 2 fully saturated rings.